The molecule has 1 saturated heterocycles. The molecule has 1 fully saturated rings. The second-order valence-corrected chi connectivity index (χ2v) is 5.28. The average Bonchev–Trinajstić information content (AvgIpc) is 2.47. The molecule has 0 aromatic carbocycles. The fourth-order valence-electron chi connectivity index (χ4n) is 1.46. The standard InChI is InChI=1S/C8H10Cl2N2S/c9-7-3-5(8(10)13-7)6-4-11-1-2-12-6/h3,6,11-12H,1-2,4H2. The first-order valence-corrected chi connectivity index (χ1v) is 5.73. The van der Waals surface area contributed by atoms with Crippen molar-refractivity contribution in [1.29, 1.82) is 0 Å². The van der Waals surface area contributed by atoms with Gasteiger partial charge in [-0.3, -0.25) is 0 Å². The Labute approximate surface area is 91.2 Å². The van der Waals surface area contributed by atoms with Crippen LogP contribution in [0.1, 0.15) is 11.6 Å². The van der Waals surface area contributed by atoms with Crippen LogP contribution in [0, 0.1) is 0 Å². The van der Waals surface area contributed by atoms with E-state index < -0.39 is 0 Å². The van der Waals surface area contributed by atoms with Crippen molar-refractivity contribution in [3.05, 3.63) is 20.3 Å². The average molecular weight is 237 g/mol. The number of piperazine rings is 1. The molecule has 1 unspecified atom stereocenters. The van der Waals surface area contributed by atoms with E-state index in [1.165, 1.54) is 11.3 Å². The van der Waals surface area contributed by atoms with E-state index in [4.69, 9.17) is 23.2 Å². The SMILES string of the molecule is Clc1cc(C2CNCCN2)c(Cl)s1. The Bertz CT molecular complexity index is 294. The van der Waals surface area contributed by atoms with Crippen LogP contribution in [0.4, 0.5) is 0 Å². The first-order valence-electron chi connectivity index (χ1n) is 4.16. The zero-order valence-corrected chi connectivity index (χ0v) is 9.27. The van der Waals surface area contributed by atoms with Gasteiger partial charge < -0.3 is 10.6 Å². The summed E-state index contributed by atoms with van der Waals surface area (Å²) in [5.41, 5.74) is 1.11. The Morgan fingerprint density at radius 2 is 2.23 bits per heavy atom. The van der Waals surface area contributed by atoms with Crippen LogP contribution in [0.5, 0.6) is 0 Å². The molecular weight excluding hydrogens is 227 g/mol. The van der Waals surface area contributed by atoms with E-state index in [9.17, 15) is 0 Å². The number of hydrogen-bond donors (Lipinski definition) is 2. The van der Waals surface area contributed by atoms with E-state index >= 15 is 0 Å². The van der Waals surface area contributed by atoms with Gasteiger partial charge in [0.05, 0.1) is 8.67 Å². The molecule has 0 spiro atoms. The molecule has 0 bridgehead atoms. The normalized spacial score (nSPS) is 23.4. The molecule has 1 aliphatic heterocycles. The quantitative estimate of drug-likeness (QED) is 0.783. The van der Waals surface area contributed by atoms with Crippen molar-refractivity contribution < 1.29 is 0 Å². The lowest BCUT2D eigenvalue weighted by Gasteiger charge is -2.24. The highest BCUT2D eigenvalue weighted by atomic mass is 35.5. The van der Waals surface area contributed by atoms with Crippen molar-refractivity contribution in [2.24, 2.45) is 0 Å². The topological polar surface area (TPSA) is 24.1 Å². The molecule has 1 aromatic heterocycles. The van der Waals surface area contributed by atoms with Gasteiger partial charge in [-0.2, -0.15) is 0 Å². The third-order valence-corrected chi connectivity index (χ3v) is 3.62. The molecule has 0 radical (unpaired) electrons. The molecule has 2 heterocycles. The first-order chi connectivity index (χ1) is 6.27. The summed E-state index contributed by atoms with van der Waals surface area (Å²) >= 11 is 13.3. The van der Waals surface area contributed by atoms with Gasteiger partial charge >= 0.3 is 0 Å². The van der Waals surface area contributed by atoms with Crippen molar-refractivity contribution in [2.75, 3.05) is 19.6 Å². The van der Waals surface area contributed by atoms with E-state index in [0.717, 1.165) is 33.9 Å². The van der Waals surface area contributed by atoms with E-state index in [1.54, 1.807) is 0 Å². The zero-order valence-electron chi connectivity index (χ0n) is 6.94. The lowest BCUT2D eigenvalue weighted by atomic mass is 10.1. The molecule has 72 valence electrons. The molecule has 2 N–H and O–H groups in total. The molecule has 1 atom stereocenters. The summed E-state index contributed by atoms with van der Waals surface area (Å²) in [6.07, 6.45) is 0. The van der Waals surface area contributed by atoms with Crippen molar-refractivity contribution >= 4 is 34.5 Å². The van der Waals surface area contributed by atoms with Crippen molar-refractivity contribution in [2.45, 2.75) is 6.04 Å². The fourth-order valence-corrected chi connectivity index (χ4v) is 3.04. The van der Waals surface area contributed by atoms with Crippen LogP contribution in [0.2, 0.25) is 8.67 Å². The minimum absolute atomic E-state index is 0.310. The van der Waals surface area contributed by atoms with Crippen molar-refractivity contribution in [3.63, 3.8) is 0 Å². The third kappa shape index (κ3) is 2.17. The number of halogens is 2. The summed E-state index contributed by atoms with van der Waals surface area (Å²) in [5, 5.41) is 6.70. The van der Waals surface area contributed by atoms with E-state index in [-0.39, 0.29) is 0 Å². The molecule has 2 rings (SSSR count). The maximum atomic E-state index is 6.04. The smallest absolute Gasteiger partial charge is 0.0992 e. The zero-order chi connectivity index (χ0) is 9.26. The Hall–Kier alpha value is 0.200. The minimum atomic E-state index is 0.310. The van der Waals surface area contributed by atoms with Gasteiger partial charge in [-0.25, -0.2) is 0 Å². The second-order valence-electron chi connectivity index (χ2n) is 2.99. The molecular formula is C8H10Cl2N2S. The summed E-state index contributed by atoms with van der Waals surface area (Å²) in [5.74, 6) is 0. The predicted octanol–water partition coefficient (Wildman–Crippen LogP) is 2.29. The molecule has 1 aliphatic rings. The summed E-state index contributed by atoms with van der Waals surface area (Å²) in [6.45, 7) is 2.92. The highest BCUT2D eigenvalue weighted by Crippen LogP contribution is 2.34. The molecule has 2 nitrogen and oxygen atoms in total. The number of thiophene rings is 1. The lowest BCUT2D eigenvalue weighted by Crippen LogP contribution is -2.42. The Morgan fingerprint density at radius 1 is 1.38 bits per heavy atom. The molecule has 0 amide bonds. The highest BCUT2D eigenvalue weighted by Gasteiger charge is 2.18. The van der Waals surface area contributed by atoms with E-state index in [1.807, 2.05) is 6.07 Å². The summed E-state index contributed by atoms with van der Waals surface area (Å²) in [6, 6.07) is 2.25. The molecule has 1 aromatic rings. The number of hydrogen-bond acceptors (Lipinski definition) is 3. The Kier molecular flexibility index (Phi) is 3.11. The Morgan fingerprint density at radius 3 is 2.77 bits per heavy atom. The van der Waals surface area contributed by atoms with Crippen LogP contribution in [0.3, 0.4) is 0 Å². The van der Waals surface area contributed by atoms with E-state index in [2.05, 4.69) is 10.6 Å². The number of rotatable bonds is 1. The van der Waals surface area contributed by atoms with Crippen LogP contribution >= 0.6 is 34.5 Å². The van der Waals surface area contributed by atoms with Gasteiger partial charge in [0.15, 0.2) is 0 Å². The van der Waals surface area contributed by atoms with Crippen molar-refractivity contribution in [3.8, 4) is 0 Å². The van der Waals surface area contributed by atoms with Gasteiger partial charge in [0.1, 0.15) is 0 Å². The van der Waals surface area contributed by atoms with E-state index in [0.29, 0.717) is 6.04 Å². The van der Waals surface area contributed by atoms with Gasteiger partial charge in [0.25, 0.3) is 0 Å². The molecule has 13 heavy (non-hydrogen) atoms. The summed E-state index contributed by atoms with van der Waals surface area (Å²) < 4.78 is 1.55. The maximum Gasteiger partial charge on any atom is 0.0992 e. The molecule has 0 aliphatic carbocycles. The largest absolute Gasteiger partial charge is 0.314 e. The van der Waals surface area contributed by atoms with Crippen molar-refractivity contribution in [1.82, 2.24) is 10.6 Å². The lowest BCUT2D eigenvalue weighted by molar-refractivity contribution is 0.431. The van der Waals surface area contributed by atoms with Gasteiger partial charge in [-0.1, -0.05) is 23.2 Å². The van der Waals surface area contributed by atoms with Gasteiger partial charge in [0, 0.05) is 31.2 Å². The third-order valence-electron chi connectivity index (χ3n) is 2.10. The van der Waals surface area contributed by atoms with Crippen LogP contribution in [-0.2, 0) is 0 Å². The Balaban J connectivity index is 2.18. The summed E-state index contributed by atoms with van der Waals surface area (Å²) in [7, 11) is 0. The van der Waals surface area contributed by atoms with Gasteiger partial charge in [-0.05, 0) is 6.07 Å². The fraction of sp³-hybridized carbons (Fsp3) is 0.500. The van der Waals surface area contributed by atoms with Crippen LogP contribution in [-0.4, -0.2) is 19.6 Å². The summed E-state index contributed by atoms with van der Waals surface area (Å²) in [4.78, 5) is 0. The molecule has 5 heteroatoms. The highest BCUT2D eigenvalue weighted by molar-refractivity contribution is 7.20. The predicted molar refractivity (Wildman–Crippen MR) is 58.0 cm³/mol. The minimum Gasteiger partial charge on any atom is -0.314 e. The first kappa shape index (κ1) is 9.74. The van der Waals surface area contributed by atoms with Gasteiger partial charge in [-0.15, -0.1) is 11.3 Å². The maximum absolute atomic E-state index is 6.04. The molecule has 0 saturated carbocycles. The van der Waals surface area contributed by atoms with Gasteiger partial charge in [0.2, 0.25) is 0 Å². The monoisotopic (exact) mass is 236 g/mol. The van der Waals surface area contributed by atoms with Crippen LogP contribution in [0.25, 0.3) is 0 Å². The van der Waals surface area contributed by atoms with Crippen LogP contribution in [0.15, 0.2) is 6.07 Å². The van der Waals surface area contributed by atoms with Crippen LogP contribution < -0.4 is 10.6 Å². The number of nitrogens with one attached hydrogen (secondary N) is 2. The second kappa shape index (κ2) is 4.15.